The number of nitriles is 1. The number of unbranched alkanes of at least 4 members (excludes halogenated alkanes) is 14. The van der Waals surface area contributed by atoms with Crippen LogP contribution >= 0.6 is 0 Å². The Kier molecular flexibility index (Phi) is 27.5. The molecule has 2 N–H and O–H groups in total. The van der Waals surface area contributed by atoms with Crippen LogP contribution in [0.15, 0.2) is 4.99 Å². The minimum Gasteiger partial charge on any atom is -0.481 e. The van der Waals surface area contributed by atoms with Gasteiger partial charge < -0.3 is 25.0 Å². The van der Waals surface area contributed by atoms with Gasteiger partial charge >= 0.3 is 11.9 Å². The summed E-state index contributed by atoms with van der Waals surface area (Å²) in [5.41, 5.74) is 0. The Morgan fingerprint density at radius 3 is 1.85 bits per heavy atom. The molecular formula is C32H61N5O4. The summed E-state index contributed by atoms with van der Waals surface area (Å²) in [7, 11) is 3.72. The van der Waals surface area contributed by atoms with E-state index < -0.39 is 5.97 Å². The van der Waals surface area contributed by atoms with Crippen LogP contribution in [0.3, 0.4) is 0 Å². The van der Waals surface area contributed by atoms with Crippen molar-refractivity contribution in [3.8, 4) is 6.19 Å². The topological polar surface area (TPSA) is 118 Å². The SMILES string of the molecule is CCCCCCCCCCCOC(=O)CCCCCN(CCCCCCCC(=O)O)CCCN/C(=N/C#N)N(C)C. The van der Waals surface area contributed by atoms with E-state index in [-0.39, 0.29) is 12.4 Å². The summed E-state index contributed by atoms with van der Waals surface area (Å²) in [5, 5.41) is 20.9. The summed E-state index contributed by atoms with van der Waals surface area (Å²) in [5.74, 6) is -0.203. The molecule has 0 spiro atoms. The van der Waals surface area contributed by atoms with Gasteiger partial charge in [-0.2, -0.15) is 5.26 Å². The molecule has 9 heteroatoms. The van der Waals surface area contributed by atoms with Crippen molar-refractivity contribution in [3.05, 3.63) is 0 Å². The summed E-state index contributed by atoms with van der Waals surface area (Å²) in [6.07, 6.45) is 22.8. The Bertz CT molecular complexity index is 709. The van der Waals surface area contributed by atoms with E-state index in [9.17, 15) is 9.59 Å². The van der Waals surface area contributed by atoms with Gasteiger partial charge in [0, 0.05) is 33.5 Å². The van der Waals surface area contributed by atoms with Crippen LogP contribution in [0.5, 0.6) is 0 Å². The van der Waals surface area contributed by atoms with Gasteiger partial charge in [0.15, 0.2) is 0 Å². The highest BCUT2D eigenvalue weighted by Gasteiger charge is 2.08. The highest BCUT2D eigenvalue weighted by Crippen LogP contribution is 2.11. The first-order chi connectivity index (χ1) is 19.9. The fraction of sp³-hybridized carbons (Fsp3) is 0.875. The lowest BCUT2D eigenvalue weighted by Gasteiger charge is -2.23. The van der Waals surface area contributed by atoms with E-state index in [2.05, 4.69) is 22.1 Å². The van der Waals surface area contributed by atoms with Gasteiger partial charge in [0.2, 0.25) is 12.2 Å². The molecule has 9 nitrogen and oxygen atoms in total. The number of carboxylic acids is 1. The molecule has 0 aromatic carbocycles. The van der Waals surface area contributed by atoms with Gasteiger partial charge in [0.1, 0.15) is 0 Å². The van der Waals surface area contributed by atoms with E-state index in [0.29, 0.717) is 19.0 Å². The molecule has 0 aromatic rings. The van der Waals surface area contributed by atoms with Crippen molar-refractivity contribution in [2.75, 3.05) is 46.9 Å². The molecule has 0 aliphatic carbocycles. The van der Waals surface area contributed by atoms with E-state index in [1.807, 2.05) is 20.3 Å². The number of carboxylic acid groups (broad SMARTS) is 1. The number of carbonyl (C=O) groups is 2. The number of aliphatic carboxylic acids is 1. The molecule has 0 bridgehead atoms. The van der Waals surface area contributed by atoms with E-state index in [0.717, 1.165) is 96.8 Å². The van der Waals surface area contributed by atoms with Crippen LogP contribution < -0.4 is 5.32 Å². The lowest BCUT2D eigenvalue weighted by atomic mass is 10.1. The molecule has 0 saturated heterocycles. The second kappa shape index (κ2) is 29.2. The van der Waals surface area contributed by atoms with E-state index >= 15 is 0 Å². The van der Waals surface area contributed by atoms with Gasteiger partial charge in [0.05, 0.1) is 6.61 Å². The van der Waals surface area contributed by atoms with Crippen molar-refractivity contribution >= 4 is 17.9 Å². The minimum atomic E-state index is -0.714. The smallest absolute Gasteiger partial charge is 0.305 e. The first-order valence-electron chi connectivity index (χ1n) is 16.4. The number of aliphatic imine (C=N–C) groups is 1. The summed E-state index contributed by atoms with van der Waals surface area (Å²) in [6.45, 7) is 6.53. The third-order valence-electron chi connectivity index (χ3n) is 7.24. The van der Waals surface area contributed by atoms with E-state index in [1.165, 1.54) is 44.9 Å². The fourth-order valence-corrected chi connectivity index (χ4v) is 4.78. The van der Waals surface area contributed by atoms with Gasteiger partial charge in [-0.15, -0.1) is 4.99 Å². The molecule has 0 heterocycles. The summed E-state index contributed by atoms with van der Waals surface area (Å²) in [4.78, 5) is 30.8. The largest absolute Gasteiger partial charge is 0.481 e. The average molecular weight is 580 g/mol. The third-order valence-corrected chi connectivity index (χ3v) is 7.24. The van der Waals surface area contributed by atoms with Crippen LogP contribution in [0, 0.1) is 11.5 Å². The van der Waals surface area contributed by atoms with Crippen LogP contribution in [-0.4, -0.2) is 79.7 Å². The number of hydrogen-bond acceptors (Lipinski definition) is 6. The predicted molar refractivity (Wildman–Crippen MR) is 168 cm³/mol. The molecule has 0 rings (SSSR count). The zero-order chi connectivity index (χ0) is 30.4. The number of nitrogens with zero attached hydrogens (tertiary/aromatic N) is 4. The Morgan fingerprint density at radius 2 is 1.27 bits per heavy atom. The first-order valence-corrected chi connectivity index (χ1v) is 16.4. The first kappa shape index (κ1) is 38.7. The highest BCUT2D eigenvalue weighted by atomic mass is 16.5. The van der Waals surface area contributed by atoms with Crippen LogP contribution in [0.4, 0.5) is 0 Å². The highest BCUT2D eigenvalue weighted by molar-refractivity contribution is 5.80. The van der Waals surface area contributed by atoms with Crippen LogP contribution in [0.1, 0.15) is 135 Å². The molecule has 0 aliphatic heterocycles. The second-order valence-electron chi connectivity index (χ2n) is 11.3. The van der Waals surface area contributed by atoms with Crippen LogP contribution in [0.25, 0.3) is 0 Å². The van der Waals surface area contributed by atoms with Crippen molar-refractivity contribution < 1.29 is 19.4 Å². The van der Waals surface area contributed by atoms with E-state index in [4.69, 9.17) is 15.1 Å². The molecule has 41 heavy (non-hydrogen) atoms. The second-order valence-corrected chi connectivity index (χ2v) is 11.3. The van der Waals surface area contributed by atoms with Crippen molar-refractivity contribution in [3.63, 3.8) is 0 Å². The maximum atomic E-state index is 12.1. The lowest BCUT2D eigenvalue weighted by molar-refractivity contribution is -0.144. The summed E-state index contributed by atoms with van der Waals surface area (Å²) < 4.78 is 5.43. The van der Waals surface area contributed by atoms with Gasteiger partial charge in [-0.1, -0.05) is 84.0 Å². The van der Waals surface area contributed by atoms with Crippen molar-refractivity contribution in [1.29, 1.82) is 5.26 Å². The van der Waals surface area contributed by atoms with Crippen LogP contribution in [0.2, 0.25) is 0 Å². The molecule has 0 aliphatic rings. The Morgan fingerprint density at radius 1 is 0.756 bits per heavy atom. The Labute approximate surface area is 251 Å². The zero-order valence-corrected chi connectivity index (χ0v) is 26.6. The summed E-state index contributed by atoms with van der Waals surface area (Å²) >= 11 is 0. The molecule has 0 unspecified atom stereocenters. The molecule has 238 valence electrons. The molecular weight excluding hydrogens is 518 g/mol. The van der Waals surface area contributed by atoms with Crippen molar-refractivity contribution in [2.45, 2.75) is 135 Å². The maximum absolute atomic E-state index is 12.1. The van der Waals surface area contributed by atoms with E-state index in [1.54, 1.807) is 4.90 Å². The number of esters is 1. The maximum Gasteiger partial charge on any atom is 0.305 e. The standard InChI is InChI=1S/C32H61N5O4/c1-4-5-6-7-8-9-10-14-20-28-41-31(40)23-17-15-19-26-37(25-18-13-11-12-16-22-30(38)39)27-21-24-34-32(35-29-33)36(2)3/h4-28H2,1-3H3,(H,34,35)(H,38,39). The Balaban J connectivity index is 4.11. The third kappa shape index (κ3) is 27.6. The number of nitrogens with one attached hydrogen (secondary N) is 1. The minimum absolute atomic E-state index is 0.0638. The monoisotopic (exact) mass is 579 g/mol. The molecule has 0 amide bonds. The zero-order valence-electron chi connectivity index (χ0n) is 26.6. The molecule has 0 aromatic heterocycles. The van der Waals surface area contributed by atoms with Gasteiger partial charge in [0.25, 0.3) is 0 Å². The summed E-state index contributed by atoms with van der Waals surface area (Å²) in [6, 6.07) is 0. The predicted octanol–water partition coefficient (Wildman–Crippen LogP) is 6.73. The van der Waals surface area contributed by atoms with Gasteiger partial charge in [-0.05, 0) is 58.2 Å². The van der Waals surface area contributed by atoms with Gasteiger partial charge in [-0.3, -0.25) is 9.59 Å². The number of guanidine groups is 1. The number of carbonyl (C=O) groups excluding carboxylic acids is 1. The van der Waals surface area contributed by atoms with Crippen LogP contribution in [-0.2, 0) is 14.3 Å². The normalized spacial score (nSPS) is 11.4. The average Bonchev–Trinajstić information content (AvgIpc) is 2.94. The number of hydrogen-bond donors (Lipinski definition) is 2. The van der Waals surface area contributed by atoms with Crippen molar-refractivity contribution in [1.82, 2.24) is 15.1 Å². The number of ether oxygens (including phenoxy) is 1. The Hall–Kier alpha value is -2.34. The van der Waals surface area contributed by atoms with Crippen molar-refractivity contribution in [2.24, 2.45) is 4.99 Å². The quantitative estimate of drug-likeness (QED) is 0.0344. The molecule has 0 atom stereocenters. The fourth-order valence-electron chi connectivity index (χ4n) is 4.78. The molecule has 0 radical (unpaired) electrons. The lowest BCUT2D eigenvalue weighted by Crippen LogP contribution is -2.38. The number of rotatable bonds is 28. The molecule has 0 fully saturated rings. The van der Waals surface area contributed by atoms with Gasteiger partial charge in [-0.25, -0.2) is 0 Å². The molecule has 0 saturated carbocycles.